The topological polar surface area (TPSA) is 17.8 Å². The maximum Gasteiger partial charge on any atom is 0.0930 e. The van der Waals surface area contributed by atoms with Crippen LogP contribution in [-0.4, -0.2) is 9.78 Å². The minimum absolute atomic E-state index is 0.966. The lowest BCUT2D eigenvalue weighted by molar-refractivity contribution is 0.816. The Balaban J connectivity index is 2.07. The molecule has 0 aliphatic carbocycles. The Bertz CT molecular complexity index is 694. The van der Waals surface area contributed by atoms with Gasteiger partial charge in [-0.2, -0.15) is 5.10 Å². The molecule has 0 saturated carbocycles. The highest BCUT2D eigenvalue weighted by Crippen LogP contribution is 2.22. The third-order valence-electron chi connectivity index (χ3n) is 3.49. The summed E-state index contributed by atoms with van der Waals surface area (Å²) in [6.07, 6.45) is 0.966. The highest BCUT2D eigenvalue weighted by molar-refractivity contribution is 5.60. The molecule has 3 rings (SSSR count). The fourth-order valence-corrected chi connectivity index (χ4v) is 2.33. The maximum atomic E-state index is 4.77. The van der Waals surface area contributed by atoms with E-state index in [1.165, 1.54) is 16.8 Å². The second-order valence-corrected chi connectivity index (χ2v) is 4.99. The van der Waals surface area contributed by atoms with Crippen LogP contribution in [0.15, 0.2) is 60.7 Å². The van der Waals surface area contributed by atoms with Crippen molar-refractivity contribution in [3.05, 3.63) is 71.9 Å². The first-order valence-electron chi connectivity index (χ1n) is 6.99. The highest BCUT2D eigenvalue weighted by Gasteiger charge is 2.09. The van der Waals surface area contributed by atoms with Crippen LogP contribution in [0.3, 0.4) is 0 Å². The number of para-hydroxylation sites is 1. The number of hydrogen-bond acceptors (Lipinski definition) is 1. The van der Waals surface area contributed by atoms with Crippen molar-refractivity contribution >= 4 is 0 Å². The van der Waals surface area contributed by atoms with E-state index in [1.54, 1.807) is 0 Å². The number of aryl methyl sites for hydroxylation is 2. The first-order chi connectivity index (χ1) is 9.78. The summed E-state index contributed by atoms with van der Waals surface area (Å²) >= 11 is 0. The summed E-state index contributed by atoms with van der Waals surface area (Å²) in [5, 5.41) is 4.77. The molecule has 1 heterocycles. The van der Waals surface area contributed by atoms with E-state index in [-0.39, 0.29) is 0 Å². The van der Waals surface area contributed by atoms with Gasteiger partial charge < -0.3 is 0 Å². The fourth-order valence-electron chi connectivity index (χ4n) is 2.33. The van der Waals surface area contributed by atoms with Gasteiger partial charge in [0, 0.05) is 11.3 Å². The van der Waals surface area contributed by atoms with E-state index >= 15 is 0 Å². The summed E-state index contributed by atoms with van der Waals surface area (Å²) < 4.78 is 2.04. The zero-order valence-corrected chi connectivity index (χ0v) is 11.9. The fraction of sp³-hybridized carbons (Fsp3) is 0.167. The molecule has 1 aromatic heterocycles. The highest BCUT2D eigenvalue weighted by atomic mass is 15.3. The van der Waals surface area contributed by atoms with Gasteiger partial charge in [-0.3, -0.25) is 0 Å². The van der Waals surface area contributed by atoms with Crippen molar-refractivity contribution in [2.45, 2.75) is 20.3 Å². The lowest BCUT2D eigenvalue weighted by Gasteiger charge is -2.04. The average Bonchev–Trinajstić information content (AvgIpc) is 2.93. The Morgan fingerprint density at radius 3 is 2.30 bits per heavy atom. The van der Waals surface area contributed by atoms with Gasteiger partial charge >= 0.3 is 0 Å². The van der Waals surface area contributed by atoms with Crippen molar-refractivity contribution in [3.8, 4) is 16.9 Å². The van der Waals surface area contributed by atoms with Gasteiger partial charge in [0.15, 0.2) is 0 Å². The number of nitrogens with zero attached hydrogens (tertiary/aromatic N) is 2. The largest absolute Gasteiger partial charge is 0.237 e. The molecule has 2 nitrogen and oxygen atoms in total. The van der Waals surface area contributed by atoms with E-state index in [1.807, 2.05) is 22.9 Å². The predicted octanol–water partition coefficient (Wildman–Crippen LogP) is 4.41. The van der Waals surface area contributed by atoms with Crippen LogP contribution in [0.25, 0.3) is 16.9 Å². The van der Waals surface area contributed by atoms with Crippen molar-refractivity contribution < 1.29 is 0 Å². The second-order valence-electron chi connectivity index (χ2n) is 4.99. The molecule has 2 heteroatoms. The van der Waals surface area contributed by atoms with Gasteiger partial charge in [0.05, 0.1) is 11.4 Å². The van der Waals surface area contributed by atoms with Gasteiger partial charge in [0.1, 0.15) is 0 Å². The SMILES string of the molecule is CCc1cc(-c2ccc(C)cc2)nn1-c1ccccc1. The Morgan fingerprint density at radius 2 is 1.65 bits per heavy atom. The number of hydrogen-bond donors (Lipinski definition) is 0. The smallest absolute Gasteiger partial charge is 0.0930 e. The molecule has 0 bridgehead atoms. The lowest BCUT2D eigenvalue weighted by Crippen LogP contribution is -2.00. The molecule has 0 saturated heterocycles. The summed E-state index contributed by atoms with van der Waals surface area (Å²) in [6, 6.07) is 21.0. The molecular weight excluding hydrogens is 244 g/mol. The normalized spacial score (nSPS) is 10.7. The summed E-state index contributed by atoms with van der Waals surface area (Å²) in [6.45, 7) is 4.26. The van der Waals surface area contributed by atoms with Crippen LogP contribution in [0.5, 0.6) is 0 Å². The van der Waals surface area contributed by atoms with E-state index in [9.17, 15) is 0 Å². The van der Waals surface area contributed by atoms with Crippen LogP contribution in [0.1, 0.15) is 18.2 Å². The monoisotopic (exact) mass is 262 g/mol. The number of aromatic nitrogens is 2. The molecule has 0 amide bonds. The van der Waals surface area contributed by atoms with Crippen molar-refractivity contribution in [1.82, 2.24) is 9.78 Å². The Labute approximate surface area is 119 Å². The minimum atomic E-state index is 0.966. The number of rotatable bonds is 3. The average molecular weight is 262 g/mol. The van der Waals surface area contributed by atoms with Gasteiger partial charge in [0.2, 0.25) is 0 Å². The zero-order valence-electron chi connectivity index (χ0n) is 11.9. The van der Waals surface area contributed by atoms with Gasteiger partial charge in [0.25, 0.3) is 0 Å². The molecule has 20 heavy (non-hydrogen) atoms. The van der Waals surface area contributed by atoms with Crippen molar-refractivity contribution in [1.29, 1.82) is 0 Å². The van der Waals surface area contributed by atoms with Gasteiger partial charge in [-0.1, -0.05) is 55.0 Å². The first-order valence-corrected chi connectivity index (χ1v) is 6.99. The van der Waals surface area contributed by atoms with Crippen LogP contribution in [0.2, 0.25) is 0 Å². The van der Waals surface area contributed by atoms with Crippen LogP contribution in [-0.2, 0) is 6.42 Å². The molecule has 0 N–H and O–H groups in total. The van der Waals surface area contributed by atoms with Crippen molar-refractivity contribution in [2.24, 2.45) is 0 Å². The Kier molecular flexibility index (Phi) is 3.38. The van der Waals surface area contributed by atoms with Gasteiger partial charge in [-0.15, -0.1) is 0 Å². The Hall–Kier alpha value is -2.35. The second kappa shape index (κ2) is 5.33. The molecular formula is C18H18N2. The van der Waals surface area contributed by atoms with E-state index < -0.39 is 0 Å². The third kappa shape index (κ3) is 2.37. The lowest BCUT2D eigenvalue weighted by atomic mass is 10.1. The summed E-state index contributed by atoms with van der Waals surface area (Å²) in [4.78, 5) is 0. The molecule has 100 valence electrons. The van der Waals surface area contributed by atoms with Crippen LogP contribution >= 0.6 is 0 Å². The third-order valence-corrected chi connectivity index (χ3v) is 3.49. The first kappa shape index (κ1) is 12.7. The van der Waals surface area contributed by atoms with E-state index in [2.05, 4.69) is 56.3 Å². The summed E-state index contributed by atoms with van der Waals surface area (Å²) in [5.74, 6) is 0. The quantitative estimate of drug-likeness (QED) is 0.683. The summed E-state index contributed by atoms with van der Waals surface area (Å²) in [5.41, 5.74) is 5.81. The van der Waals surface area contributed by atoms with E-state index in [4.69, 9.17) is 5.10 Å². The molecule has 0 aliphatic heterocycles. The zero-order chi connectivity index (χ0) is 13.9. The van der Waals surface area contributed by atoms with Crippen LogP contribution in [0.4, 0.5) is 0 Å². The molecule has 0 radical (unpaired) electrons. The molecule has 0 atom stereocenters. The molecule has 0 fully saturated rings. The van der Waals surface area contributed by atoms with E-state index in [0.29, 0.717) is 0 Å². The van der Waals surface area contributed by atoms with Crippen molar-refractivity contribution in [2.75, 3.05) is 0 Å². The van der Waals surface area contributed by atoms with Gasteiger partial charge in [-0.05, 0) is 31.5 Å². The molecule has 0 aliphatic rings. The van der Waals surface area contributed by atoms with E-state index in [0.717, 1.165) is 17.8 Å². The Morgan fingerprint density at radius 1 is 0.950 bits per heavy atom. The van der Waals surface area contributed by atoms with Crippen LogP contribution < -0.4 is 0 Å². The van der Waals surface area contributed by atoms with Crippen molar-refractivity contribution in [3.63, 3.8) is 0 Å². The number of benzene rings is 2. The standard InChI is InChI=1S/C18H18N2/c1-3-16-13-18(15-11-9-14(2)10-12-15)19-20(16)17-7-5-4-6-8-17/h4-13H,3H2,1-2H3. The van der Waals surface area contributed by atoms with Crippen LogP contribution in [0, 0.1) is 6.92 Å². The molecule has 0 spiro atoms. The molecule has 0 unspecified atom stereocenters. The molecule has 2 aromatic carbocycles. The minimum Gasteiger partial charge on any atom is -0.237 e. The molecule has 3 aromatic rings. The van der Waals surface area contributed by atoms with Gasteiger partial charge in [-0.25, -0.2) is 4.68 Å². The summed E-state index contributed by atoms with van der Waals surface area (Å²) in [7, 11) is 0. The predicted molar refractivity (Wildman–Crippen MR) is 83.1 cm³/mol. The maximum absolute atomic E-state index is 4.77.